The van der Waals surface area contributed by atoms with Crippen molar-refractivity contribution in [2.24, 2.45) is 0 Å². The number of thiazole rings is 1. The van der Waals surface area contributed by atoms with Crippen molar-refractivity contribution in [3.05, 3.63) is 92.5 Å². The fraction of sp³-hybridized carbons (Fsp3) is 0.160. The molecular weight excluding hydrogens is 438 g/mol. The zero-order valence-electron chi connectivity index (χ0n) is 17.9. The van der Waals surface area contributed by atoms with Gasteiger partial charge in [-0.05, 0) is 36.8 Å². The highest BCUT2D eigenvalue weighted by atomic mass is 32.1. The number of ether oxygens (including phenoxy) is 1. The summed E-state index contributed by atoms with van der Waals surface area (Å²) in [6.45, 7) is 2.36. The average molecular weight is 460 g/mol. The smallest absolute Gasteiger partial charge is 0.307 e. The summed E-state index contributed by atoms with van der Waals surface area (Å²) < 4.78 is 12.0. The van der Waals surface area contributed by atoms with Crippen molar-refractivity contribution >= 4 is 22.1 Å². The van der Waals surface area contributed by atoms with Crippen LogP contribution >= 0.6 is 11.3 Å². The number of aryl methyl sites for hydroxylation is 1. The molecule has 0 radical (unpaired) electrons. The van der Waals surface area contributed by atoms with Gasteiger partial charge in [0.1, 0.15) is 11.5 Å². The van der Waals surface area contributed by atoms with Gasteiger partial charge in [0.2, 0.25) is 11.8 Å². The zero-order valence-corrected chi connectivity index (χ0v) is 18.7. The van der Waals surface area contributed by atoms with E-state index >= 15 is 0 Å². The van der Waals surface area contributed by atoms with E-state index in [4.69, 9.17) is 9.15 Å². The van der Waals surface area contributed by atoms with E-state index < -0.39 is 0 Å². The number of H-pyrrole nitrogens is 1. The molecule has 0 fully saturated rings. The monoisotopic (exact) mass is 459 g/mol. The van der Waals surface area contributed by atoms with Crippen LogP contribution in [0, 0.1) is 6.92 Å². The number of oxazole rings is 1. The Kier molecular flexibility index (Phi) is 5.66. The van der Waals surface area contributed by atoms with E-state index in [0.29, 0.717) is 30.2 Å². The number of hydrogen-bond acceptors (Lipinski definition) is 7. The van der Waals surface area contributed by atoms with Gasteiger partial charge in [-0.15, -0.1) is 0 Å². The summed E-state index contributed by atoms with van der Waals surface area (Å²) >= 11 is 1.01. The van der Waals surface area contributed by atoms with Crippen molar-refractivity contribution in [1.29, 1.82) is 0 Å². The molecule has 0 aliphatic rings. The third kappa shape index (κ3) is 4.38. The lowest BCUT2D eigenvalue weighted by atomic mass is 10.0. The Morgan fingerprint density at radius 3 is 2.76 bits per heavy atom. The predicted molar refractivity (Wildman–Crippen MR) is 127 cm³/mol. The highest BCUT2D eigenvalue weighted by Crippen LogP contribution is 2.31. The van der Waals surface area contributed by atoms with Gasteiger partial charge in [0.25, 0.3) is 0 Å². The number of nitrogens with zero attached hydrogens (tertiary/aromatic N) is 2. The molecule has 0 amide bonds. The summed E-state index contributed by atoms with van der Waals surface area (Å²) in [6, 6.07) is 15.6. The lowest BCUT2D eigenvalue weighted by molar-refractivity contribution is 0.323. The molecule has 0 unspecified atom stereocenters. The van der Waals surface area contributed by atoms with Crippen LogP contribution in [0.1, 0.15) is 21.9 Å². The third-order valence-corrected chi connectivity index (χ3v) is 6.30. The van der Waals surface area contributed by atoms with Crippen LogP contribution in [0.5, 0.6) is 11.6 Å². The van der Waals surface area contributed by atoms with Crippen LogP contribution < -0.4 is 9.61 Å². The van der Waals surface area contributed by atoms with E-state index in [1.54, 1.807) is 12.4 Å². The van der Waals surface area contributed by atoms with Crippen molar-refractivity contribution in [2.45, 2.75) is 19.8 Å². The van der Waals surface area contributed by atoms with Crippen molar-refractivity contribution in [2.75, 3.05) is 6.61 Å². The van der Waals surface area contributed by atoms with E-state index in [1.807, 2.05) is 55.5 Å². The van der Waals surface area contributed by atoms with Gasteiger partial charge in [0.05, 0.1) is 17.2 Å². The number of rotatable bonds is 7. The molecule has 5 aromatic rings. The second-order valence-corrected chi connectivity index (χ2v) is 8.66. The predicted octanol–water partition coefficient (Wildman–Crippen LogP) is 4.87. The average Bonchev–Trinajstić information content (AvgIpc) is 3.36. The summed E-state index contributed by atoms with van der Waals surface area (Å²) in [4.78, 5) is 23.1. The number of hydrogen-bond donors (Lipinski definition) is 2. The van der Waals surface area contributed by atoms with E-state index in [0.717, 1.165) is 50.4 Å². The number of fused-ring (bicyclic) bond motifs is 1. The van der Waals surface area contributed by atoms with Gasteiger partial charge in [-0.1, -0.05) is 35.6 Å². The van der Waals surface area contributed by atoms with Crippen LogP contribution in [-0.4, -0.2) is 26.7 Å². The van der Waals surface area contributed by atoms with Gasteiger partial charge in [0, 0.05) is 41.6 Å². The molecule has 0 saturated carbocycles. The quantitative estimate of drug-likeness (QED) is 0.360. The van der Waals surface area contributed by atoms with Crippen molar-refractivity contribution in [3.63, 3.8) is 0 Å². The minimum Gasteiger partial charge on any atom is -0.494 e. The van der Waals surface area contributed by atoms with Gasteiger partial charge in [-0.3, -0.25) is 14.8 Å². The molecule has 3 heterocycles. The van der Waals surface area contributed by atoms with Crippen LogP contribution in [0.3, 0.4) is 0 Å². The van der Waals surface area contributed by atoms with Crippen LogP contribution in [0.15, 0.2) is 70.1 Å². The van der Waals surface area contributed by atoms with Gasteiger partial charge in [0.15, 0.2) is 0 Å². The van der Waals surface area contributed by atoms with E-state index in [-0.39, 0.29) is 10.8 Å². The largest absolute Gasteiger partial charge is 0.494 e. The Labute approximate surface area is 193 Å². The number of nitrogens with one attached hydrogen (secondary N) is 1. The first-order chi connectivity index (χ1) is 16.1. The van der Waals surface area contributed by atoms with E-state index in [2.05, 4.69) is 15.0 Å². The highest BCUT2D eigenvalue weighted by molar-refractivity contribution is 7.09. The van der Waals surface area contributed by atoms with Crippen LogP contribution in [0.25, 0.3) is 22.2 Å². The zero-order chi connectivity index (χ0) is 22.8. The fourth-order valence-electron chi connectivity index (χ4n) is 3.77. The number of pyridine rings is 1. The molecule has 0 bridgehead atoms. The van der Waals surface area contributed by atoms with Gasteiger partial charge in [-0.2, -0.15) is 0 Å². The molecule has 2 aromatic carbocycles. The molecular formula is C25H21N3O4S. The van der Waals surface area contributed by atoms with Crippen LogP contribution in [0.4, 0.5) is 0 Å². The Balaban J connectivity index is 1.34. The standard InChI is InChI=1S/C25H21N3O4S/c1-15-20(27-24(32-15)16-5-3-2-4-6-16)10-12-31-21-8-7-17(19-14-26-11-9-18(19)21)13-22-23(29)28-25(30)33-22/h2-9,11,14,29H,10,12-13H2,1H3,(H,28,30). The summed E-state index contributed by atoms with van der Waals surface area (Å²) in [5.74, 6) is 2.05. The Hall–Kier alpha value is -3.91. The summed E-state index contributed by atoms with van der Waals surface area (Å²) in [6.07, 6.45) is 4.54. The Bertz CT molecular complexity index is 1470. The molecule has 0 spiro atoms. The molecule has 0 atom stereocenters. The van der Waals surface area contributed by atoms with Crippen LogP contribution in [-0.2, 0) is 12.8 Å². The minimum atomic E-state index is -0.275. The summed E-state index contributed by atoms with van der Waals surface area (Å²) in [7, 11) is 0. The fourth-order valence-corrected chi connectivity index (χ4v) is 4.51. The number of aromatic hydroxyl groups is 1. The normalized spacial score (nSPS) is 11.2. The first-order valence-electron chi connectivity index (χ1n) is 10.5. The van der Waals surface area contributed by atoms with Crippen molar-refractivity contribution in [3.8, 4) is 23.1 Å². The van der Waals surface area contributed by atoms with Crippen molar-refractivity contribution in [1.82, 2.24) is 15.0 Å². The lowest BCUT2D eigenvalue weighted by Gasteiger charge is -2.12. The lowest BCUT2D eigenvalue weighted by Crippen LogP contribution is -2.03. The summed E-state index contributed by atoms with van der Waals surface area (Å²) in [5.41, 5.74) is 2.77. The number of aromatic amines is 1. The summed E-state index contributed by atoms with van der Waals surface area (Å²) in [5, 5.41) is 11.8. The van der Waals surface area contributed by atoms with Gasteiger partial charge < -0.3 is 14.3 Å². The molecule has 8 heteroatoms. The van der Waals surface area contributed by atoms with Crippen LogP contribution in [0.2, 0.25) is 0 Å². The molecule has 0 aliphatic heterocycles. The maximum Gasteiger partial charge on any atom is 0.307 e. The minimum absolute atomic E-state index is 0.0831. The Morgan fingerprint density at radius 2 is 1.97 bits per heavy atom. The second kappa shape index (κ2) is 8.91. The maximum absolute atomic E-state index is 11.5. The SMILES string of the molecule is Cc1oc(-c2ccccc2)nc1CCOc1ccc(Cc2sc(=O)[nH]c2O)c2cnccc12. The van der Waals surface area contributed by atoms with Gasteiger partial charge >= 0.3 is 4.87 Å². The second-order valence-electron chi connectivity index (χ2n) is 7.59. The van der Waals surface area contributed by atoms with E-state index in [9.17, 15) is 9.90 Å². The highest BCUT2D eigenvalue weighted by Gasteiger charge is 2.14. The molecule has 33 heavy (non-hydrogen) atoms. The molecule has 2 N–H and O–H groups in total. The molecule has 166 valence electrons. The Morgan fingerprint density at radius 1 is 1.12 bits per heavy atom. The number of benzene rings is 2. The van der Waals surface area contributed by atoms with Crippen molar-refractivity contribution < 1.29 is 14.3 Å². The number of aromatic nitrogens is 3. The topological polar surface area (TPSA) is 101 Å². The maximum atomic E-state index is 11.5. The molecule has 7 nitrogen and oxygen atoms in total. The molecule has 0 saturated heterocycles. The molecule has 5 rings (SSSR count). The first-order valence-corrected chi connectivity index (χ1v) is 11.3. The third-order valence-electron chi connectivity index (χ3n) is 5.43. The first kappa shape index (κ1) is 21.0. The molecule has 3 aromatic heterocycles. The van der Waals surface area contributed by atoms with E-state index in [1.165, 1.54) is 0 Å². The molecule has 0 aliphatic carbocycles. The van der Waals surface area contributed by atoms with Gasteiger partial charge in [-0.25, -0.2) is 4.98 Å².